The Morgan fingerprint density at radius 1 is 1.31 bits per heavy atom. The van der Waals surface area contributed by atoms with Crippen LogP contribution in [0.5, 0.6) is 0 Å². The van der Waals surface area contributed by atoms with Crippen LogP contribution in [-0.2, 0) is 29.6 Å². The summed E-state index contributed by atoms with van der Waals surface area (Å²) >= 11 is 0. The van der Waals surface area contributed by atoms with Gasteiger partial charge in [0.1, 0.15) is 11.0 Å². The van der Waals surface area contributed by atoms with Crippen molar-refractivity contribution >= 4 is 38.2 Å². The first kappa shape index (κ1) is 28.3. The van der Waals surface area contributed by atoms with E-state index in [1.54, 1.807) is 57.5 Å². The highest BCUT2D eigenvalue weighted by atomic mass is 32.2. The third-order valence-electron chi connectivity index (χ3n) is 6.62. The largest absolute Gasteiger partial charge is 0.458 e. The van der Waals surface area contributed by atoms with E-state index in [4.69, 9.17) is 14.6 Å². The maximum Gasteiger partial charge on any atom is 0.335 e. The van der Waals surface area contributed by atoms with Gasteiger partial charge in [0.25, 0.3) is 5.56 Å². The van der Waals surface area contributed by atoms with E-state index in [0.29, 0.717) is 24.0 Å². The van der Waals surface area contributed by atoms with Gasteiger partial charge in [-0.05, 0) is 77.8 Å². The lowest BCUT2D eigenvalue weighted by Gasteiger charge is -2.39. The number of H-pyrrole nitrogens is 1. The summed E-state index contributed by atoms with van der Waals surface area (Å²) < 4.78 is 38.0. The van der Waals surface area contributed by atoms with Crippen LogP contribution >= 0.6 is 0 Å². The fourth-order valence-corrected chi connectivity index (χ4v) is 5.62. The normalized spacial score (nSPS) is 20.1. The molecule has 0 bridgehead atoms. The summed E-state index contributed by atoms with van der Waals surface area (Å²) in [6.45, 7) is 8.61. The van der Waals surface area contributed by atoms with Gasteiger partial charge in [0.2, 0.25) is 0 Å². The molecule has 2 aromatic heterocycles. The Bertz CT molecular complexity index is 1570. The summed E-state index contributed by atoms with van der Waals surface area (Å²) in [6, 6.07) is 10.1. The molecule has 0 spiro atoms. The summed E-state index contributed by atoms with van der Waals surface area (Å²) in [5, 5.41) is 17.3. The molecular formula is C27H33N5O6S. The number of esters is 1. The number of fused-ring (bicyclic) bond motifs is 1. The van der Waals surface area contributed by atoms with E-state index in [0.717, 1.165) is 0 Å². The smallest absolute Gasteiger partial charge is 0.335 e. The molecule has 0 saturated carbocycles. The molecule has 0 amide bonds. The molecule has 0 radical (unpaired) electrons. The van der Waals surface area contributed by atoms with Gasteiger partial charge >= 0.3 is 5.97 Å². The third kappa shape index (κ3) is 5.69. The van der Waals surface area contributed by atoms with E-state index >= 15 is 0 Å². The van der Waals surface area contributed by atoms with Crippen LogP contribution in [0.25, 0.3) is 10.9 Å². The van der Waals surface area contributed by atoms with E-state index in [1.807, 2.05) is 0 Å². The van der Waals surface area contributed by atoms with E-state index in [9.17, 15) is 23.3 Å². The summed E-state index contributed by atoms with van der Waals surface area (Å²) in [5.74, 6) is -0.210. The number of nitrogens with one attached hydrogen (secondary N) is 2. The molecule has 1 aromatic carbocycles. The quantitative estimate of drug-likeness (QED) is 0.414. The molecule has 2 atom stereocenters. The van der Waals surface area contributed by atoms with Gasteiger partial charge in [-0.15, -0.1) is 0 Å². The van der Waals surface area contributed by atoms with Crippen molar-refractivity contribution in [1.82, 2.24) is 14.8 Å². The van der Waals surface area contributed by atoms with Gasteiger partial charge in [-0.2, -0.15) is 10.4 Å². The Morgan fingerprint density at radius 2 is 2.00 bits per heavy atom. The van der Waals surface area contributed by atoms with Gasteiger partial charge in [0.15, 0.2) is 21.8 Å². The fourth-order valence-electron chi connectivity index (χ4n) is 4.56. The predicted molar refractivity (Wildman–Crippen MR) is 145 cm³/mol. The zero-order chi connectivity index (χ0) is 28.6. The van der Waals surface area contributed by atoms with Crippen molar-refractivity contribution in [1.29, 1.82) is 5.26 Å². The Hall–Kier alpha value is -3.69. The minimum Gasteiger partial charge on any atom is -0.458 e. The van der Waals surface area contributed by atoms with Crippen molar-refractivity contribution in [2.75, 3.05) is 11.9 Å². The van der Waals surface area contributed by atoms with Crippen LogP contribution in [0.2, 0.25) is 0 Å². The van der Waals surface area contributed by atoms with Crippen molar-refractivity contribution in [3.05, 3.63) is 46.9 Å². The first-order valence-corrected chi connectivity index (χ1v) is 14.3. The van der Waals surface area contributed by atoms with Gasteiger partial charge in [-0.3, -0.25) is 9.48 Å². The zero-order valence-corrected chi connectivity index (χ0v) is 23.5. The van der Waals surface area contributed by atoms with Gasteiger partial charge in [-0.25, -0.2) is 13.2 Å². The average molecular weight is 556 g/mol. The number of sulfone groups is 1. The maximum absolute atomic E-state index is 12.9. The molecule has 1 aliphatic rings. The van der Waals surface area contributed by atoms with Crippen LogP contribution < -0.4 is 10.9 Å². The summed E-state index contributed by atoms with van der Waals surface area (Å²) in [7, 11) is -3.43. The molecule has 3 aromatic rings. The fraction of sp³-hybridized carbons (Fsp3) is 0.481. The van der Waals surface area contributed by atoms with E-state index < -0.39 is 38.3 Å². The minimum atomic E-state index is -3.43. The number of carbonyl (C=O) groups excluding carboxylic acids is 1. The summed E-state index contributed by atoms with van der Waals surface area (Å²) in [4.78, 5) is 28.3. The van der Waals surface area contributed by atoms with Crippen molar-refractivity contribution < 1.29 is 22.7 Å². The number of anilines is 2. The summed E-state index contributed by atoms with van der Waals surface area (Å²) in [5.41, 5.74) is -0.926. The lowest BCUT2D eigenvalue weighted by Crippen LogP contribution is -2.47. The molecule has 12 heteroatoms. The number of benzene rings is 1. The molecule has 11 nitrogen and oxygen atoms in total. The van der Waals surface area contributed by atoms with Crippen LogP contribution in [0.15, 0.2) is 46.2 Å². The SMILES string of the molecule is CC(C)S(=O)(=O)c1ccc(Nc2nn([C@]3(CC#N)CC[C@@H](C(=O)OC(C)(C)C)OC3)c3cc[nH]c(=O)c23)cc1. The van der Waals surface area contributed by atoms with Crippen LogP contribution in [0.3, 0.4) is 0 Å². The lowest BCUT2D eigenvalue weighted by molar-refractivity contribution is -0.176. The standard InChI is InChI=1S/C27H33N5O6S/c1-17(2)39(35,36)19-8-6-18(7-9-19)30-23-22-20(11-15-29-24(22)33)32(31-23)27(13-14-28)12-10-21(37-16-27)25(34)38-26(3,4)5/h6-9,11,15,17,21H,10,12-13,16H2,1-5H3,(H,29,33)(H,30,31)/t21-,27-/m0/s1. The molecule has 3 heterocycles. The molecule has 0 unspecified atom stereocenters. The molecule has 208 valence electrons. The van der Waals surface area contributed by atoms with Gasteiger partial charge < -0.3 is 19.8 Å². The Balaban J connectivity index is 1.69. The van der Waals surface area contributed by atoms with E-state index in [2.05, 4.69) is 16.4 Å². The number of pyridine rings is 1. The predicted octanol–water partition coefficient (Wildman–Crippen LogP) is 3.78. The summed E-state index contributed by atoms with van der Waals surface area (Å²) in [6.07, 6.45) is 1.49. The minimum absolute atomic E-state index is 0.0231. The van der Waals surface area contributed by atoms with Crippen LogP contribution in [0.4, 0.5) is 11.5 Å². The second kappa shape index (κ2) is 10.5. The third-order valence-corrected chi connectivity index (χ3v) is 8.79. The number of carbonyl (C=O) groups is 1. The molecule has 39 heavy (non-hydrogen) atoms. The molecular weight excluding hydrogens is 522 g/mol. The Morgan fingerprint density at radius 3 is 2.56 bits per heavy atom. The Labute approximate surface area is 227 Å². The number of ether oxygens (including phenoxy) is 2. The molecule has 4 rings (SSSR count). The van der Waals surface area contributed by atoms with Gasteiger partial charge in [-0.1, -0.05) is 0 Å². The monoisotopic (exact) mass is 555 g/mol. The number of nitriles is 1. The van der Waals surface area contributed by atoms with Crippen molar-refractivity contribution in [3.63, 3.8) is 0 Å². The van der Waals surface area contributed by atoms with Crippen LogP contribution in [0.1, 0.15) is 53.9 Å². The molecule has 1 aliphatic heterocycles. The maximum atomic E-state index is 12.9. The van der Waals surface area contributed by atoms with E-state index in [-0.39, 0.29) is 34.7 Å². The number of aromatic amines is 1. The van der Waals surface area contributed by atoms with Crippen molar-refractivity contribution in [2.24, 2.45) is 0 Å². The average Bonchev–Trinajstić information content (AvgIpc) is 3.24. The van der Waals surface area contributed by atoms with Crippen molar-refractivity contribution in [2.45, 2.75) is 81.3 Å². The second-order valence-electron chi connectivity index (χ2n) is 11.0. The highest BCUT2D eigenvalue weighted by Gasteiger charge is 2.43. The number of hydrogen-bond donors (Lipinski definition) is 2. The highest BCUT2D eigenvalue weighted by molar-refractivity contribution is 7.92. The van der Waals surface area contributed by atoms with Crippen LogP contribution in [0, 0.1) is 11.3 Å². The van der Waals surface area contributed by atoms with Gasteiger partial charge in [0.05, 0.1) is 40.3 Å². The molecule has 2 N–H and O–H groups in total. The number of hydrogen-bond acceptors (Lipinski definition) is 9. The van der Waals surface area contributed by atoms with E-state index in [1.165, 1.54) is 18.3 Å². The number of rotatable bonds is 7. The highest BCUT2D eigenvalue weighted by Crippen LogP contribution is 2.37. The molecule has 1 saturated heterocycles. The molecule has 0 aliphatic carbocycles. The zero-order valence-electron chi connectivity index (χ0n) is 22.6. The Kier molecular flexibility index (Phi) is 7.60. The number of aromatic nitrogens is 3. The molecule has 1 fully saturated rings. The van der Waals surface area contributed by atoms with Crippen molar-refractivity contribution in [3.8, 4) is 6.07 Å². The first-order chi connectivity index (χ1) is 18.3. The second-order valence-corrected chi connectivity index (χ2v) is 13.5. The van der Waals surface area contributed by atoms with Gasteiger partial charge in [0, 0.05) is 11.9 Å². The lowest BCUT2D eigenvalue weighted by atomic mass is 9.87. The van der Waals surface area contributed by atoms with Crippen LogP contribution in [-0.4, -0.2) is 52.7 Å². The number of nitrogens with zero attached hydrogens (tertiary/aromatic N) is 3. The topological polar surface area (TPSA) is 156 Å². The first-order valence-electron chi connectivity index (χ1n) is 12.7.